The van der Waals surface area contributed by atoms with Gasteiger partial charge in [-0.3, -0.25) is 4.98 Å². The van der Waals surface area contributed by atoms with Crippen LogP contribution >= 0.6 is 0 Å². The zero-order valence-electron chi connectivity index (χ0n) is 11.2. The minimum Gasteiger partial charge on any atom is -0.378 e. The largest absolute Gasteiger partial charge is 0.378 e. The number of H-pyrrole nitrogens is 1. The van der Waals surface area contributed by atoms with E-state index in [0.29, 0.717) is 18.1 Å². The number of anilines is 1. The summed E-state index contributed by atoms with van der Waals surface area (Å²) in [5.74, 6) is 0.462. The molecule has 0 fully saturated rings. The molecule has 2 N–H and O–H groups in total. The molecule has 2 heterocycles. The summed E-state index contributed by atoms with van der Waals surface area (Å²) in [6, 6.07) is 1.69. The fourth-order valence-corrected chi connectivity index (χ4v) is 1.91. The summed E-state index contributed by atoms with van der Waals surface area (Å²) in [6.45, 7) is 5.50. The average Bonchev–Trinajstić information content (AvgIpc) is 2.86. The standard InChI is InChI=1S/C12H19N5O2/c1-3-9(19-4-2)5-7-13-11-15-10-6-8-14-17(10)12(18)16-11/h6,8-9H,3-5,7H2,1-2H3,(H2,13,15,16,18). The van der Waals surface area contributed by atoms with Gasteiger partial charge in [-0.05, 0) is 19.8 Å². The van der Waals surface area contributed by atoms with E-state index in [2.05, 4.69) is 27.3 Å². The van der Waals surface area contributed by atoms with Gasteiger partial charge < -0.3 is 10.1 Å². The van der Waals surface area contributed by atoms with Crippen molar-refractivity contribution in [3.63, 3.8) is 0 Å². The molecule has 19 heavy (non-hydrogen) atoms. The lowest BCUT2D eigenvalue weighted by Crippen LogP contribution is -2.22. The van der Waals surface area contributed by atoms with Gasteiger partial charge in [-0.25, -0.2) is 4.79 Å². The highest BCUT2D eigenvalue weighted by Gasteiger charge is 2.06. The van der Waals surface area contributed by atoms with Crippen LogP contribution in [0.25, 0.3) is 5.65 Å². The Labute approximate surface area is 111 Å². The minimum absolute atomic E-state index is 0.239. The van der Waals surface area contributed by atoms with Crippen LogP contribution in [0.1, 0.15) is 26.7 Å². The Hall–Kier alpha value is -1.89. The molecule has 0 aromatic carbocycles. The third kappa shape index (κ3) is 3.31. The van der Waals surface area contributed by atoms with E-state index in [9.17, 15) is 4.79 Å². The number of hydrogen-bond acceptors (Lipinski definition) is 5. The fourth-order valence-electron chi connectivity index (χ4n) is 1.91. The maximum atomic E-state index is 11.7. The maximum absolute atomic E-state index is 11.7. The summed E-state index contributed by atoms with van der Waals surface area (Å²) in [5, 5.41) is 6.97. The van der Waals surface area contributed by atoms with Crippen molar-refractivity contribution in [3.8, 4) is 0 Å². The minimum atomic E-state index is -0.297. The third-order valence-electron chi connectivity index (χ3n) is 2.88. The molecule has 0 amide bonds. The molecule has 0 bridgehead atoms. The average molecular weight is 265 g/mol. The second-order valence-electron chi connectivity index (χ2n) is 4.19. The van der Waals surface area contributed by atoms with Gasteiger partial charge in [0.05, 0.1) is 12.3 Å². The van der Waals surface area contributed by atoms with Gasteiger partial charge in [0, 0.05) is 19.2 Å². The van der Waals surface area contributed by atoms with Gasteiger partial charge in [-0.15, -0.1) is 0 Å². The van der Waals surface area contributed by atoms with Crippen molar-refractivity contribution in [2.75, 3.05) is 18.5 Å². The SMILES string of the molecule is CCOC(CC)CCNc1nc2ccnn2c(=O)[nH]1. The first-order valence-corrected chi connectivity index (χ1v) is 6.54. The fraction of sp³-hybridized carbons (Fsp3) is 0.583. The Bertz CT molecular complexity index is 577. The molecule has 104 valence electrons. The lowest BCUT2D eigenvalue weighted by atomic mass is 10.2. The molecule has 0 spiro atoms. The lowest BCUT2D eigenvalue weighted by Gasteiger charge is -2.15. The van der Waals surface area contributed by atoms with Crippen molar-refractivity contribution >= 4 is 11.6 Å². The Morgan fingerprint density at radius 2 is 2.37 bits per heavy atom. The van der Waals surface area contributed by atoms with Crippen LogP contribution in [0.5, 0.6) is 0 Å². The predicted molar refractivity (Wildman–Crippen MR) is 72.4 cm³/mol. The topological polar surface area (TPSA) is 84.3 Å². The highest BCUT2D eigenvalue weighted by Crippen LogP contribution is 2.04. The van der Waals surface area contributed by atoms with E-state index in [1.54, 1.807) is 12.3 Å². The lowest BCUT2D eigenvalue weighted by molar-refractivity contribution is 0.0567. The first-order valence-electron chi connectivity index (χ1n) is 6.54. The van der Waals surface area contributed by atoms with E-state index in [4.69, 9.17) is 4.74 Å². The second kappa shape index (κ2) is 6.33. The quantitative estimate of drug-likeness (QED) is 0.781. The summed E-state index contributed by atoms with van der Waals surface area (Å²) in [6.07, 6.45) is 3.63. The highest BCUT2D eigenvalue weighted by molar-refractivity contribution is 5.40. The van der Waals surface area contributed by atoms with Crippen molar-refractivity contribution in [2.24, 2.45) is 0 Å². The van der Waals surface area contributed by atoms with Crippen LogP contribution in [0.3, 0.4) is 0 Å². The van der Waals surface area contributed by atoms with Crippen molar-refractivity contribution in [2.45, 2.75) is 32.8 Å². The molecule has 0 radical (unpaired) electrons. The number of ether oxygens (including phenoxy) is 1. The normalized spacial score (nSPS) is 12.7. The van der Waals surface area contributed by atoms with Gasteiger partial charge in [-0.2, -0.15) is 14.6 Å². The number of hydrogen-bond donors (Lipinski definition) is 2. The molecule has 2 rings (SSSR count). The Kier molecular flexibility index (Phi) is 4.51. The Morgan fingerprint density at radius 3 is 3.11 bits per heavy atom. The first kappa shape index (κ1) is 13.5. The monoisotopic (exact) mass is 265 g/mol. The van der Waals surface area contributed by atoms with Crippen LogP contribution in [0.2, 0.25) is 0 Å². The molecule has 2 aromatic heterocycles. The van der Waals surface area contributed by atoms with E-state index in [1.807, 2.05) is 6.92 Å². The van der Waals surface area contributed by atoms with Crippen molar-refractivity contribution < 1.29 is 4.74 Å². The molecular formula is C12H19N5O2. The number of nitrogens with zero attached hydrogens (tertiary/aromatic N) is 3. The van der Waals surface area contributed by atoms with Crippen LogP contribution in [0.15, 0.2) is 17.1 Å². The molecule has 0 aliphatic rings. The van der Waals surface area contributed by atoms with Crippen LogP contribution in [-0.4, -0.2) is 38.8 Å². The van der Waals surface area contributed by atoms with Crippen molar-refractivity contribution in [1.82, 2.24) is 19.6 Å². The number of aromatic nitrogens is 4. The Balaban J connectivity index is 1.96. The van der Waals surface area contributed by atoms with E-state index in [-0.39, 0.29) is 11.8 Å². The molecule has 0 saturated heterocycles. The number of fused-ring (bicyclic) bond motifs is 1. The molecule has 2 aromatic rings. The summed E-state index contributed by atoms with van der Waals surface area (Å²) >= 11 is 0. The molecule has 1 atom stereocenters. The van der Waals surface area contributed by atoms with Gasteiger partial charge in [0.2, 0.25) is 5.95 Å². The van der Waals surface area contributed by atoms with E-state index in [1.165, 1.54) is 4.52 Å². The van der Waals surface area contributed by atoms with E-state index < -0.39 is 0 Å². The van der Waals surface area contributed by atoms with E-state index >= 15 is 0 Å². The van der Waals surface area contributed by atoms with E-state index in [0.717, 1.165) is 19.4 Å². The summed E-state index contributed by atoms with van der Waals surface area (Å²) in [4.78, 5) is 18.6. The highest BCUT2D eigenvalue weighted by atomic mass is 16.5. The zero-order chi connectivity index (χ0) is 13.7. The van der Waals surface area contributed by atoms with Crippen LogP contribution in [-0.2, 0) is 4.74 Å². The number of aromatic amines is 1. The van der Waals surface area contributed by atoms with Crippen LogP contribution < -0.4 is 11.0 Å². The second-order valence-corrected chi connectivity index (χ2v) is 4.19. The van der Waals surface area contributed by atoms with Crippen LogP contribution in [0, 0.1) is 0 Å². The molecule has 7 heteroatoms. The smallest absolute Gasteiger partial charge is 0.350 e. The molecule has 0 saturated carbocycles. The number of rotatable bonds is 7. The molecule has 0 aliphatic heterocycles. The van der Waals surface area contributed by atoms with Crippen LogP contribution in [0.4, 0.5) is 5.95 Å². The summed E-state index contributed by atoms with van der Waals surface area (Å²) < 4.78 is 6.79. The predicted octanol–water partition coefficient (Wildman–Crippen LogP) is 1.03. The molecule has 7 nitrogen and oxygen atoms in total. The van der Waals surface area contributed by atoms with Crippen molar-refractivity contribution in [1.29, 1.82) is 0 Å². The maximum Gasteiger partial charge on any atom is 0.350 e. The first-order chi connectivity index (χ1) is 9.24. The van der Waals surface area contributed by atoms with Gasteiger partial charge in [0.15, 0.2) is 5.65 Å². The van der Waals surface area contributed by atoms with Gasteiger partial charge in [0.25, 0.3) is 0 Å². The molecular weight excluding hydrogens is 246 g/mol. The number of nitrogens with one attached hydrogen (secondary N) is 2. The Morgan fingerprint density at radius 1 is 1.53 bits per heavy atom. The summed E-state index contributed by atoms with van der Waals surface area (Å²) in [5.41, 5.74) is 0.234. The van der Waals surface area contributed by atoms with Crippen molar-refractivity contribution in [3.05, 3.63) is 22.7 Å². The molecule has 1 unspecified atom stereocenters. The zero-order valence-corrected chi connectivity index (χ0v) is 11.2. The van der Waals surface area contributed by atoms with Gasteiger partial charge >= 0.3 is 5.69 Å². The third-order valence-corrected chi connectivity index (χ3v) is 2.88. The van der Waals surface area contributed by atoms with Gasteiger partial charge in [0.1, 0.15) is 0 Å². The molecule has 0 aliphatic carbocycles. The van der Waals surface area contributed by atoms with Gasteiger partial charge in [-0.1, -0.05) is 6.92 Å². The summed E-state index contributed by atoms with van der Waals surface area (Å²) in [7, 11) is 0.